The van der Waals surface area contributed by atoms with Gasteiger partial charge in [0, 0.05) is 0 Å². The Kier molecular flexibility index (Phi) is 17.4. The standard InChI is InChI=1S/C53H82O25/c1-48(2)14-16-53(47(70)78-45-35(63)33(61)31(59)25(20-55)73-45)17-15-51(6)22(23(53)18-48)8-9-27-50(5)12-11-28(49(3,4)26(50)10-13-52(27,51)7)74-46-40(77-44-34(62)32(60)30(58)24(19-54)72-44)38(36(64)39(76-46)42(68)69)75-43(37(65)41(66)67)71-21-29(56)57/h8,23-28,30-40,43-46,54-55,58-65H,9-21H2,1-7H3,(H,56,57)(H,66,67)(H,68,69)/t23-,24+,25+,26-,27-,28+,30+,31+,32-,33-,34+,35+,36+,37+,38+,39+,40-,43+,44-,45-,46-,50+,51-,52-,53+/m1/s1. The number of allylic oxidation sites excluding steroid dienone is 2. The van der Waals surface area contributed by atoms with E-state index in [0.717, 1.165) is 12.8 Å². The Bertz CT molecular complexity index is 2240. The average Bonchev–Trinajstić information content (AvgIpc) is 3.35. The molecule has 0 aromatic rings. The summed E-state index contributed by atoms with van der Waals surface area (Å²) < 4.78 is 47.0. The molecule has 13 N–H and O–H groups in total. The van der Waals surface area contributed by atoms with E-state index in [-0.39, 0.29) is 34.0 Å². The van der Waals surface area contributed by atoms with Crippen LogP contribution in [-0.2, 0) is 57.1 Å². The number of carbonyl (C=O) groups is 4. The Morgan fingerprint density at radius 3 is 1.86 bits per heavy atom. The van der Waals surface area contributed by atoms with Crippen molar-refractivity contribution in [1.29, 1.82) is 0 Å². The van der Waals surface area contributed by atoms with Crippen molar-refractivity contribution in [2.45, 2.75) is 223 Å². The minimum Gasteiger partial charge on any atom is -0.480 e. The largest absolute Gasteiger partial charge is 0.480 e. The van der Waals surface area contributed by atoms with Crippen LogP contribution in [0.25, 0.3) is 0 Å². The van der Waals surface area contributed by atoms with E-state index in [1.54, 1.807) is 0 Å². The highest BCUT2D eigenvalue weighted by Crippen LogP contribution is 2.76. The number of carboxylic acids is 3. The monoisotopic (exact) mass is 1120 g/mol. The quantitative estimate of drug-likeness (QED) is 0.0387. The van der Waals surface area contributed by atoms with Gasteiger partial charge in [0.2, 0.25) is 12.4 Å². The van der Waals surface area contributed by atoms with E-state index in [0.29, 0.717) is 51.4 Å². The van der Waals surface area contributed by atoms with Gasteiger partial charge in [0.25, 0.3) is 0 Å². The van der Waals surface area contributed by atoms with Gasteiger partial charge < -0.3 is 104 Å². The minimum atomic E-state index is -2.62. The Morgan fingerprint density at radius 2 is 1.27 bits per heavy atom. The van der Waals surface area contributed by atoms with Crippen LogP contribution in [0.3, 0.4) is 0 Å². The van der Waals surface area contributed by atoms with Crippen LogP contribution in [0.4, 0.5) is 0 Å². The SMILES string of the molecule is CC1(C)CC[C@]2(C(=O)O[C@H]3O[C@@H](CO)[C@H](O)[C@@H](O)[C@@H]3O)CC[C@]3(C)C(=CC[C@@H]4[C@@]5(C)CC[C@H](O[C@@H]6O[C@H](C(=O)O)[C@@H](O)[C@H](O[C@H](OCC(=O)O)[C@@H](O)C(=O)O)[C@H]6O[C@H]6O[C@@H](CO)[C@H](O)[C@@H](O)[C@@H]6O)C(C)(C)[C@H]5CC[C@]43C)[C@H]2C1. The highest BCUT2D eigenvalue weighted by molar-refractivity contribution is 5.79. The van der Waals surface area contributed by atoms with Gasteiger partial charge in [-0.2, -0.15) is 0 Å². The lowest BCUT2D eigenvalue weighted by molar-refractivity contribution is -0.387. The Labute approximate surface area is 451 Å². The summed E-state index contributed by atoms with van der Waals surface area (Å²) in [6.45, 7) is 12.5. The molecule has 7 fully saturated rings. The van der Waals surface area contributed by atoms with Crippen LogP contribution in [0.15, 0.2) is 11.6 Å². The molecule has 25 heteroatoms. The second-order valence-corrected chi connectivity index (χ2v) is 25.5. The van der Waals surface area contributed by atoms with E-state index in [1.165, 1.54) is 5.57 Å². The molecule has 3 heterocycles. The molecule has 4 saturated carbocycles. The Hall–Kier alpha value is -3.06. The van der Waals surface area contributed by atoms with Gasteiger partial charge in [-0.05, 0) is 109 Å². The molecule has 0 radical (unpaired) electrons. The van der Waals surface area contributed by atoms with Gasteiger partial charge in [-0.1, -0.05) is 60.1 Å². The third-order valence-corrected chi connectivity index (χ3v) is 20.4. The van der Waals surface area contributed by atoms with Crippen LogP contribution in [0.1, 0.15) is 113 Å². The van der Waals surface area contributed by atoms with Crippen LogP contribution in [-0.4, -0.2) is 221 Å². The second kappa shape index (κ2) is 22.3. The summed E-state index contributed by atoms with van der Waals surface area (Å²) in [5, 5.41) is 136. The molecule has 0 aromatic heterocycles. The van der Waals surface area contributed by atoms with Crippen LogP contribution in [0.5, 0.6) is 0 Å². The number of rotatable bonds is 16. The molecule has 0 spiro atoms. The number of hydrogen-bond acceptors (Lipinski definition) is 22. The first-order valence-corrected chi connectivity index (χ1v) is 27.1. The Balaban J connectivity index is 1.09. The fourth-order valence-corrected chi connectivity index (χ4v) is 15.8. The molecule has 25 atom stereocenters. The van der Waals surface area contributed by atoms with Crippen LogP contribution in [0.2, 0.25) is 0 Å². The van der Waals surface area contributed by atoms with Gasteiger partial charge in [0.05, 0.1) is 24.7 Å². The fraction of sp³-hybridized carbons (Fsp3) is 0.887. The highest BCUT2D eigenvalue weighted by Gasteiger charge is 2.70. The van der Waals surface area contributed by atoms with Crippen molar-refractivity contribution in [1.82, 2.24) is 0 Å². The van der Waals surface area contributed by atoms with Crippen molar-refractivity contribution in [2.24, 2.45) is 50.2 Å². The average molecular weight is 1120 g/mol. The molecule has 3 aliphatic heterocycles. The number of fused-ring (bicyclic) bond motifs is 7. The maximum atomic E-state index is 14.8. The molecule has 444 valence electrons. The lowest BCUT2D eigenvalue weighted by Crippen LogP contribution is -2.68. The van der Waals surface area contributed by atoms with Crippen molar-refractivity contribution < 1.29 is 123 Å². The summed E-state index contributed by atoms with van der Waals surface area (Å²) in [6, 6.07) is 0. The van der Waals surface area contributed by atoms with E-state index in [2.05, 4.69) is 40.7 Å². The summed E-state index contributed by atoms with van der Waals surface area (Å²) >= 11 is 0. The zero-order valence-corrected chi connectivity index (χ0v) is 45.1. The van der Waals surface area contributed by atoms with Gasteiger partial charge in [-0.25, -0.2) is 14.4 Å². The molecule has 0 aromatic carbocycles. The molecule has 0 unspecified atom stereocenters. The number of aliphatic hydroxyl groups excluding tert-OH is 10. The zero-order chi connectivity index (χ0) is 57.6. The summed E-state index contributed by atoms with van der Waals surface area (Å²) in [5.41, 5.74) is -1.80. The first kappa shape index (κ1) is 61.0. The normalized spacial score (nSPS) is 47.6. The summed E-state index contributed by atoms with van der Waals surface area (Å²) in [5.74, 6) is -6.13. The molecule has 3 saturated heterocycles. The number of carboxylic acid groups (broad SMARTS) is 3. The van der Waals surface area contributed by atoms with Gasteiger partial charge in [0.15, 0.2) is 25.0 Å². The fourth-order valence-electron chi connectivity index (χ4n) is 15.8. The lowest BCUT2D eigenvalue weighted by Gasteiger charge is -2.71. The van der Waals surface area contributed by atoms with E-state index in [9.17, 15) is 85.6 Å². The third-order valence-electron chi connectivity index (χ3n) is 20.4. The van der Waals surface area contributed by atoms with Gasteiger partial charge in [0.1, 0.15) is 73.8 Å². The molecule has 8 rings (SSSR count). The number of hydrogen-bond donors (Lipinski definition) is 13. The number of ether oxygens (including phenoxy) is 8. The summed E-state index contributed by atoms with van der Waals surface area (Å²) in [6.07, 6.45) is -25.4. The van der Waals surface area contributed by atoms with E-state index in [4.69, 9.17) is 37.9 Å². The van der Waals surface area contributed by atoms with Gasteiger partial charge in [-0.3, -0.25) is 4.79 Å². The highest BCUT2D eigenvalue weighted by atomic mass is 16.8. The van der Waals surface area contributed by atoms with Gasteiger partial charge in [-0.15, -0.1) is 0 Å². The third kappa shape index (κ3) is 10.4. The molecule has 25 nitrogen and oxygen atoms in total. The van der Waals surface area contributed by atoms with E-state index in [1.807, 2.05) is 13.8 Å². The predicted molar refractivity (Wildman–Crippen MR) is 261 cm³/mol. The molecule has 0 amide bonds. The minimum absolute atomic E-state index is 0.0778. The van der Waals surface area contributed by atoms with Crippen LogP contribution in [0, 0.1) is 50.2 Å². The Morgan fingerprint density at radius 1 is 0.667 bits per heavy atom. The summed E-state index contributed by atoms with van der Waals surface area (Å²) in [7, 11) is 0. The topological polar surface area (TPSA) is 405 Å². The van der Waals surface area contributed by atoms with Crippen molar-refractivity contribution in [3.63, 3.8) is 0 Å². The van der Waals surface area contributed by atoms with Crippen molar-refractivity contribution in [3.8, 4) is 0 Å². The number of aliphatic carboxylic acids is 3. The molecular formula is C53H82O25. The van der Waals surface area contributed by atoms with E-state index < -0.39 is 171 Å². The van der Waals surface area contributed by atoms with Crippen LogP contribution < -0.4 is 0 Å². The maximum absolute atomic E-state index is 14.8. The maximum Gasteiger partial charge on any atom is 0.337 e. The predicted octanol–water partition coefficient (Wildman–Crippen LogP) is -0.870. The van der Waals surface area contributed by atoms with Gasteiger partial charge >= 0.3 is 23.9 Å². The summed E-state index contributed by atoms with van der Waals surface area (Å²) in [4.78, 5) is 51.2. The van der Waals surface area contributed by atoms with Crippen LogP contribution >= 0.6 is 0 Å². The molecule has 78 heavy (non-hydrogen) atoms. The number of carbonyl (C=O) groups excluding carboxylic acids is 1. The number of aliphatic hydroxyl groups is 10. The second-order valence-electron chi connectivity index (χ2n) is 25.5. The lowest BCUT2D eigenvalue weighted by atomic mass is 9.33. The molecule has 8 aliphatic rings. The first-order valence-electron chi connectivity index (χ1n) is 27.1. The van der Waals surface area contributed by atoms with E-state index >= 15 is 0 Å². The zero-order valence-electron chi connectivity index (χ0n) is 45.1. The van der Waals surface area contributed by atoms with Crippen molar-refractivity contribution in [2.75, 3.05) is 19.8 Å². The molecule has 0 bridgehead atoms. The first-order chi connectivity index (χ1) is 36.3. The number of esters is 1. The molecule has 5 aliphatic carbocycles. The van der Waals surface area contributed by atoms with Crippen molar-refractivity contribution >= 4 is 23.9 Å². The van der Waals surface area contributed by atoms with Crippen molar-refractivity contribution in [3.05, 3.63) is 11.6 Å². The molecular weight excluding hydrogens is 1040 g/mol. The smallest absolute Gasteiger partial charge is 0.337 e.